The van der Waals surface area contributed by atoms with Gasteiger partial charge in [-0.05, 0) is 26.1 Å². The molecule has 0 amide bonds. The molecule has 1 fully saturated rings. The van der Waals surface area contributed by atoms with E-state index in [-0.39, 0.29) is 28.4 Å². The lowest BCUT2D eigenvalue weighted by Crippen LogP contribution is -2.47. The van der Waals surface area contributed by atoms with E-state index in [1.807, 2.05) is 11.9 Å². The summed E-state index contributed by atoms with van der Waals surface area (Å²) in [5.41, 5.74) is 0.699. The van der Waals surface area contributed by atoms with Crippen LogP contribution >= 0.6 is 0 Å². The Bertz CT molecular complexity index is 955. The van der Waals surface area contributed by atoms with Gasteiger partial charge in [0.2, 0.25) is 11.6 Å². The second kappa shape index (κ2) is 8.53. The topological polar surface area (TPSA) is 52.7 Å². The van der Waals surface area contributed by atoms with Gasteiger partial charge < -0.3 is 15.1 Å². The number of allylic oxidation sites excluding steroid dienone is 5. The summed E-state index contributed by atoms with van der Waals surface area (Å²) < 4.78 is 27.5. The molecule has 1 saturated heterocycles. The number of hydrogen-bond acceptors (Lipinski definition) is 5. The van der Waals surface area contributed by atoms with Crippen molar-refractivity contribution in [2.75, 3.05) is 38.5 Å². The highest BCUT2D eigenvalue weighted by Gasteiger charge is 2.35. The average molecular weight is 399 g/mol. The summed E-state index contributed by atoms with van der Waals surface area (Å²) in [6.45, 7) is 7.78. The third kappa shape index (κ3) is 4.19. The van der Waals surface area contributed by atoms with E-state index in [9.17, 15) is 18.4 Å². The molecule has 1 aliphatic heterocycles. The van der Waals surface area contributed by atoms with Gasteiger partial charge in [-0.1, -0.05) is 24.8 Å². The molecule has 1 N–H and O–H groups in total. The summed E-state index contributed by atoms with van der Waals surface area (Å²) in [6, 6.07) is 3.03. The highest BCUT2D eigenvalue weighted by Crippen LogP contribution is 2.30. The van der Waals surface area contributed by atoms with Crippen molar-refractivity contribution < 1.29 is 18.4 Å². The van der Waals surface area contributed by atoms with Crippen molar-refractivity contribution in [1.29, 1.82) is 0 Å². The number of carbonyl (C=O) groups excluding carboxylic acids is 2. The standard InChI is InChI=1S/C22H23F2N3O2/c1-4-5-6-16-14(2)21(28)20(27-11-9-26(3)10-12-27)19(22(16)29)25-18-8-7-15(23)13-17(18)24/h4-8,13,25H,1,9-12H2,2-3H3/b6-5-. The summed E-state index contributed by atoms with van der Waals surface area (Å²) in [4.78, 5) is 30.4. The molecule has 1 aromatic carbocycles. The largest absolute Gasteiger partial charge is 0.364 e. The van der Waals surface area contributed by atoms with Gasteiger partial charge in [-0.15, -0.1) is 0 Å². The van der Waals surface area contributed by atoms with Crippen molar-refractivity contribution in [1.82, 2.24) is 9.80 Å². The molecule has 1 aliphatic carbocycles. The lowest BCUT2D eigenvalue weighted by Gasteiger charge is -2.37. The van der Waals surface area contributed by atoms with Crippen LogP contribution in [0.3, 0.4) is 0 Å². The van der Waals surface area contributed by atoms with Gasteiger partial charge >= 0.3 is 0 Å². The van der Waals surface area contributed by atoms with E-state index in [1.54, 1.807) is 13.0 Å². The van der Waals surface area contributed by atoms with Crippen LogP contribution in [-0.4, -0.2) is 54.6 Å². The molecule has 5 nitrogen and oxygen atoms in total. The molecule has 0 bridgehead atoms. The van der Waals surface area contributed by atoms with E-state index in [4.69, 9.17) is 0 Å². The Kier molecular flexibility index (Phi) is 6.08. The molecule has 1 aromatic rings. The van der Waals surface area contributed by atoms with Gasteiger partial charge in [0.05, 0.1) is 5.69 Å². The van der Waals surface area contributed by atoms with Gasteiger partial charge in [0, 0.05) is 43.4 Å². The summed E-state index contributed by atoms with van der Waals surface area (Å²) in [7, 11) is 1.98. The van der Waals surface area contributed by atoms with Crippen LogP contribution in [-0.2, 0) is 9.59 Å². The Labute approximate surface area is 168 Å². The van der Waals surface area contributed by atoms with E-state index < -0.39 is 17.4 Å². The second-order valence-corrected chi connectivity index (χ2v) is 7.05. The van der Waals surface area contributed by atoms with Crippen molar-refractivity contribution in [2.24, 2.45) is 0 Å². The van der Waals surface area contributed by atoms with E-state index in [1.165, 1.54) is 18.2 Å². The minimum absolute atomic E-state index is 0.000580. The average Bonchev–Trinajstić information content (AvgIpc) is 2.69. The number of halogens is 2. The lowest BCUT2D eigenvalue weighted by atomic mass is 9.89. The SMILES string of the molecule is C=C/C=C\C1=C(C)C(=O)C(N2CCN(C)CC2)=C(Nc2ccc(F)cc2F)C1=O. The minimum atomic E-state index is -0.843. The number of Topliss-reactive ketones (excluding diaryl/α,β-unsaturated/α-hetero) is 2. The fourth-order valence-electron chi connectivity index (χ4n) is 3.36. The van der Waals surface area contributed by atoms with Crippen molar-refractivity contribution in [3.8, 4) is 0 Å². The first-order valence-electron chi connectivity index (χ1n) is 9.32. The van der Waals surface area contributed by atoms with Crippen molar-refractivity contribution >= 4 is 17.3 Å². The monoisotopic (exact) mass is 399 g/mol. The third-order valence-electron chi connectivity index (χ3n) is 5.08. The maximum absolute atomic E-state index is 14.2. The predicted octanol–water partition coefficient (Wildman–Crippen LogP) is 3.05. The van der Waals surface area contributed by atoms with Crippen LogP contribution in [0.15, 0.2) is 65.5 Å². The highest BCUT2D eigenvalue weighted by atomic mass is 19.1. The molecule has 29 heavy (non-hydrogen) atoms. The summed E-state index contributed by atoms with van der Waals surface area (Å²) in [5, 5.41) is 2.76. The fraction of sp³-hybridized carbons (Fsp3) is 0.273. The molecule has 0 aromatic heterocycles. The molecule has 2 aliphatic rings. The lowest BCUT2D eigenvalue weighted by molar-refractivity contribution is -0.117. The first kappa shape index (κ1) is 20.7. The van der Waals surface area contributed by atoms with Gasteiger partial charge in [0.1, 0.15) is 23.0 Å². The minimum Gasteiger partial charge on any atom is -0.364 e. The van der Waals surface area contributed by atoms with E-state index in [0.717, 1.165) is 25.2 Å². The molecule has 0 radical (unpaired) electrons. The maximum Gasteiger partial charge on any atom is 0.211 e. The maximum atomic E-state index is 14.2. The molecule has 0 atom stereocenters. The Balaban J connectivity index is 2.09. The fourth-order valence-corrected chi connectivity index (χ4v) is 3.36. The Morgan fingerprint density at radius 2 is 1.79 bits per heavy atom. The highest BCUT2D eigenvalue weighted by molar-refractivity contribution is 6.26. The number of nitrogens with zero attached hydrogens (tertiary/aromatic N) is 2. The van der Waals surface area contributed by atoms with Crippen molar-refractivity contribution in [2.45, 2.75) is 6.92 Å². The number of nitrogens with one attached hydrogen (secondary N) is 1. The van der Waals surface area contributed by atoms with Crippen LogP contribution in [0, 0.1) is 11.6 Å². The van der Waals surface area contributed by atoms with Crippen molar-refractivity contribution in [3.63, 3.8) is 0 Å². The van der Waals surface area contributed by atoms with E-state index in [0.29, 0.717) is 18.7 Å². The first-order valence-corrected chi connectivity index (χ1v) is 9.32. The molecule has 7 heteroatoms. The molecule has 0 unspecified atom stereocenters. The normalized spacial score (nSPS) is 18.8. The molecule has 0 spiro atoms. The molecule has 152 valence electrons. The predicted molar refractivity (Wildman–Crippen MR) is 108 cm³/mol. The molecule has 3 rings (SSSR count). The van der Waals surface area contributed by atoms with E-state index >= 15 is 0 Å². The van der Waals surface area contributed by atoms with Gasteiger partial charge in [0.15, 0.2) is 0 Å². The Morgan fingerprint density at radius 1 is 1.10 bits per heavy atom. The van der Waals surface area contributed by atoms with Crippen LogP contribution in [0.25, 0.3) is 0 Å². The van der Waals surface area contributed by atoms with E-state index in [2.05, 4.69) is 16.8 Å². The smallest absolute Gasteiger partial charge is 0.211 e. The van der Waals surface area contributed by atoms with Crippen molar-refractivity contribution in [3.05, 3.63) is 77.2 Å². The van der Waals surface area contributed by atoms with Gasteiger partial charge in [-0.2, -0.15) is 0 Å². The van der Waals surface area contributed by atoms with Crippen LogP contribution < -0.4 is 5.32 Å². The van der Waals surface area contributed by atoms with Crippen LogP contribution in [0.4, 0.5) is 14.5 Å². The van der Waals surface area contributed by atoms with Crippen LogP contribution in [0.5, 0.6) is 0 Å². The van der Waals surface area contributed by atoms with Gasteiger partial charge in [-0.25, -0.2) is 8.78 Å². The summed E-state index contributed by atoms with van der Waals surface area (Å²) in [5.74, 6) is -2.27. The number of hydrogen-bond donors (Lipinski definition) is 1. The van der Waals surface area contributed by atoms with Gasteiger partial charge in [-0.3, -0.25) is 9.59 Å². The quantitative estimate of drug-likeness (QED) is 0.609. The zero-order chi connectivity index (χ0) is 21.1. The molecule has 1 heterocycles. The first-order chi connectivity index (χ1) is 13.8. The third-order valence-corrected chi connectivity index (χ3v) is 5.08. The van der Waals surface area contributed by atoms with Crippen LogP contribution in [0.1, 0.15) is 6.92 Å². The number of anilines is 1. The number of piperazine rings is 1. The number of benzene rings is 1. The number of likely N-dealkylation sites (N-methyl/N-ethyl adjacent to an activating group) is 1. The van der Waals surface area contributed by atoms with Crippen LogP contribution in [0.2, 0.25) is 0 Å². The summed E-state index contributed by atoms with van der Waals surface area (Å²) >= 11 is 0. The number of ketones is 2. The Morgan fingerprint density at radius 3 is 2.41 bits per heavy atom. The number of rotatable bonds is 5. The summed E-state index contributed by atoms with van der Waals surface area (Å²) in [6.07, 6.45) is 4.59. The number of carbonyl (C=O) groups is 2. The molecule has 0 saturated carbocycles. The zero-order valence-electron chi connectivity index (χ0n) is 16.5. The second-order valence-electron chi connectivity index (χ2n) is 7.05. The molecular formula is C22H23F2N3O2. The Hall–Kier alpha value is -3.06. The zero-order valence-corrected chi connectivity index (χ0v) is 16.5. The molecular weight excluding hydrogens is 376 g/mol. The van der Waals surface area contributed by atoms with Gasteiger partial charge in [0.25, 0.3) is 0 Å².